The highest BCUT2D eigenvalue weighted by atomic mass is 16.3. The van der Waals surface area contributed by atoms with E-state index in [4.69, 9.17) is 5.11 Å². The van der Waals surface area contributed by atoms with E-state index in [0.29, 0.717) is 0 Å². The van der Waals surface area contributed by atoms with Crippen LogP contribution in [-0.4, -0.2) is 22.4 Å². The van der Waals surface area contributed by atoms with Crippen molar-refractivity contribution in [2.75, 3.05) is 6.61 Å². The quantitative estimate of drug-likeness (QED) is 0.589. The van der Waals surface area contributed by atoms with Gasteiger partial charge >= 0.3 is 0 Å². The zero-order valence-electron chi connectivity index (χ0n) is 5.64. The van der Waals surface area contributed by atoms with Gasteiger partial charge in [0.1, 0.15) is 0 Å². The van der Waals surface area contributed by atoms with Gasteiger partial charge < -0.3 is 10.2 Å². The third kappa shape index (κ3) is 1.66. The molecule has 1 fully saturated rings. The minimum absolute atomic E-state index is 0.211. The Hall–Kier alpha value is -0.0800. The van der Waals surface area contributed by atoms with Gasteiger partial charge in [-0.3, -0.25) is 0 Å². The number of hydrogen-bond acceptors (Lipinski definition) is 2. The fraction of sp³-hybridized carbons (Fsp3) is 1.00. The van der Waals surface area contributed by atoms with Gasteiger partial charge in [0.05, 0.1) is 5.60 Å². The summed E-state index contributed by atoms with van der Waals surface area (Å²) in [6, 6.07) is 0. The molecule has 0 atom stereocenters. The summed E-state index contributed by atoms with van der Waals surface area (Å²) in [6.07, 6.45) is 4.56. The molecular weight excluding hydrogens is 116 g/mol. The second kappa shape index (κ2) is 2.67. The summed E-state index contributed by atoms with van der Waals surface area (Å²) >= 11 is 0. The van der Waals surface area contributed by atoms with E-state index in [2.05, 4.69) is 0 Å². The maximum Gasteiger partial charge on any atom is 0.0648 e. The van der Waals surface area contributed by atoms with Crippen LogP contribution in [0.15, 0.2) is 0 Å². The molecule has 1 saturated carbocycles. The molecule has 0 saturated heterocycles. The molecule has 0 aromatic rings. The molecular formula is C7H14O2. The van der Waals surface area contributed by atoms with Crippen LogP contribution in [-0.2, 0) is 0 Å². The smallest absolute Gasteiger partial charge is 0.0648 e. The van der Waals surface area contributed by atoms with Gasteiger partial charge in [-0.2, -0.15) is 0 Å². The summed E-state index contributed by atoms with van der Waals surface area (Å²) in [5.41, 5.74) is -0.386. The monoisotopic (exact) mass is 130 g/mol. The summed E-state index contributed by atoms with van der Waals surface area (Å²) in [4.78, 5) is 0. The first-order valence-corrected chi connectivity index (χ1v) is 3.60. The standard InChI is InChI=1S/C7H14O2/c8-6-2-5-7(9)3-1-4-7/h8-9H,1-6H2. The third-order valence-electron chi connectivity index (χ3n) is 2.08. The van der Waals surface area contributed by atoms with Crippen molar-refractivity contribution in [3.63, 3.8) is 0 Å². The van der Waals surface area contributed by atoms with E-state index in [-0.39, 0.29) is 12.2 Å². The average molecular weight is 130 g/mol. The maximum absolute atomic E-state index is 9.43. The second-order valence-corrected chi connectivity index (χ2v) is 2.91. The maximum atomic E-state index is 9.43. The predicted molar refractivity (Wildman–Crippen MR) is 35.1 cm³/mol. The SMILES string of the molecule is OCCCC1(O)CCC1. The lowest BCUT2D eigenvalue weighted by atomic mass is 9.77. The van der Waals surface area contributed by atoms with Crippen LogP contribution in [0.5, 0.6) is 0 Å². The van der Waals surface area contributed by atoms with E-state index in [1.54, 1.807) is 0 Å². The van der Waals surface area contributed by atoms with Crippen LogP contribution < -0.4 is 0 Å². The van der Waals surface area contributed by atoms with Gasteiger partial charge in [-0.15, -0.1) is 0 Å². The molecule has 0 spiro atoms. The Bertz CT molecular complexity index is 86.9. The number of hydrogen-bond donors (Lipinski definition) is 2. The van der Waals surface area contributed by atoms with Crippen LogP contribution in [0, 0.1) is 0 Å². The van der Waals surface area contributed by atoms with Crippen LogP contribution in [0.1, 0.15) is 32.1 Å². The zero-order chi connectivity index (χ0) is 6.74. The van der Waals surface area contributed by atoms with E-state index in [9.17, 15) is 5.11 Å². The van der Waals surface area contributed by atoms with Gasteiger partial charge in [0.2, 0.25) is 0 Å². The highest BCUT2D eigenvalue weighted by Gasteiger charge is 2.33. The Morgan fingerprint density at radius 1 is 1.33 bits per heavy atom. The molecule has 0 radical (unpaired) electrons. The minimum atomic E-state index is -0.386. The van der Waals surface area contributed by atoms with Gasteiger partial charge in [0, 0.05) is 6.61 Å². The number of aliphatic hydroxyl groups excluding tert-OH is 1. The predicted octanol–water partition coefficient (Wildman–Crippen LogP) is 0.674. The number of aliphatic hydroxyl groups is 2. The van der Waals surface area contributed by atoms with Crippen LogP contribution in [0.2, 0.25) is 0 Å². The van der Waals surface area contributed by atoms with Crippen molar-refractivity contribution >= 4 is 0 Å². The summed E-state index contributed by atoms with van der Waals surface area (Å²) < 4.78 is 0. The Morgan fingerprint density at radius 2 is 2.00 bits per heavy atom. The third-order valence-corrected chi connectivity index (χ3v) is 2.08. The zero-order valence-corrected chi connectivity index (χ0v) is 5.64. The molecule has 0 heterocycles. The summed E-state index contributed by atoms with van der Waals surface area (Å²) in [5.74, 6) is 0. The molecule has 0 bridgehead atoms. The van der Waals surface area contributed by atoms with Gasteiger partial charge in [0.15, 0.2) is 0 Å². The summed E-state index contributed by atoms with van der Waals surface area (Å²) in [5, 5.41) is 17.9. The molecule has 1 aliphatic carbocycles. The van der Waals surface area contributed by atoms with Crippen molar-refractivity contribution < 1.29 is 10.2 Å². The van der Waals surface area contributed by atoms with Gasteiger partial charge in [-0.1, -0.05) is 0 Å². The fourth-order valence-corrected chi connectivity index (χ4v) is 1.24. The van der Waals surface area contributed by atoms with E-state index in [1.807, 2.05) is 0 Å². The van der Waals surface area contributed by atoms with Crippen LogP contribution >= 0.6 is 0 Å². The van der Waals surface area contributed by atoms with Gasteiger partial charge in [-0.25, -0.2) is 0 Å². The molecule has 2 heteroatoms. The molecule has 9 heavy (non-hydrogen) atoms. The van der Waals surface area contributed by atoms with Crippen molar-refractivity contribution in [2.24, 2.45) is 0 Å². The molecule has 0 aromatic carbocycles. The molecule has 2 nitrogen and oxygen atoms in total. The van der Waals surface area contributed by atoms with Crippen molar-refractivity contribution in [1.82, 2.24) is 0 Å². The van der Waals surface area contributed by atoms with Crippen molar-refractivity contribution in [1.29, 1.82) is 0 Å². The van der Waals surface area contributed by atoms with Crippen molar-refractivity contribution in [3.8, 4) is 0 Å². The Balaban J connectivity index is 2.09. The number of rotatable bonds is 3. The first kappa shape index (κ1) is 7.03. The van der Waals surface area contributed by atoms with E-state index >= 15 is 0 Å². The van der Waals surface area contributed by atoms with Gasteiger partial charge in [-0.05, 0) is 32.1 Å². The van der Waals surface area contributed by atoms with E-state index in [1.165, 1.54) is 0 Å². The Morgan fingerprint density at radius 3 is 2.33 bits per heavy atom. The second-order valence-electron chi connectivity index (χ2n) is 2.91. The summed E-state index contributed by atoms with van der Waals surface area (Å²) in [6.45, 7) is 0.211. The molecule has 0 unspecified atom stereocenters. The molecule has 2 N–H and O–H groups in total. The van der Waals surface area contributed by atoms with Crippen LogP contribution in [0.3, 0.4) is 0 Å². The Labute approximate surface area is 55.5 Å². The van der Waals surface area contributed by atoms with Crippen molar-refractivity contribution in [2.45, 2.75) is 37.7 Å². The molecule has 0 aromatic heterocycles. The Kier molecular flexibility index (Phi) is 2.09. The molecule has 54 valence electrons. The lowest BCUT2D eigenvalue weighted by Crippen LogP contribution is -2.36. The topological polar surface area (TPSA) is 40.5 Å². The minimum Gasteiger partial charge on any atom is -0.396 e. The van der Waals surface area contributed by atoms with Crippen molar-refractivity contribution in [3.05, 3.63) is 0 Å². The van der Waals surface area contributed by atoms with E-state index in [0.717, 1.165) is 32.1 Å². The van der Waals surface area contributed by atoms with Gasteiger partial charge in [0.25, 0.3) is 0 Å². The lowest BCUT2D eigenvalue weighted by molar-refractivity contribution is -0.0441. The first-order valence-electron chi connectivity index (χ1n) is 3.60. The van der Waals surface area contributed by atoms with E-state index < -0.39 is 0 Å². The molecule has 0 amide bonds. The average Bonchev–Trinajstić information content (AvgIpc) is 1.79. The largest absolute Gasteiger partial charge is 0.396 e. The highest BCUT2D eigenvalue weighted by molar-refractivity contribution is 4.86. The van der Waals surface area contributed by atoms with Crippen LogP contribution in [0.4, 0.5) is 0 Å². The highest BCUT2D eigenvalue weighted by Crippen LogP contribution is 2.35. The summed E-state index contributed by atoms with van der Waals surface area (Å²) in [7, 11) is 0. The fourth-order valence-electron chi connectivity index (χ4n) is 1.24. The normalized spacial score (nSPS) is 23.3. The van der Waals surface area contributed by atoms with Crippen LogP contribution in [0.25, 0.3) is 0 Å². The molecule has 1 aliphatic rings. The lowest BCUT2D eigenvalue weighted by Gasteiger charge is -2.36. The molecule has 1 rings (SSSR count). The first-order chi connectivity index (χ1) is 4.27. The molecule has 0 aliphatic heterocycles.